The van der Waals surface area contributed by atoms with E-state index in [1.807, 2.05) is 6.26 Å². The van der Waals surface area contributed by atoms with Crippen molar-refractivity contribution >= 4 is 21.8 Å². The van der Waals surface area contributed by atoms with Gasteiger partial charge in [0.2, 0.25) is 10.0 Å². The molecule has 7 heteroatoms. The Kier molecular flexibility index (Phi) is 5.82. The van der Waals surface area contributed by atoms with Crippen LogP contribution in [0.25, 0.3) is 0 Å². The largest absolute Gasteiger partial charge is 0.492 e. The van der Waals surface area contributed by atoms with Gasteiger partial charge in [0, 0.05) is 11.4 Å². The average Bonchev–Trinajstić information content (AvgIpc) is 2.53. The molecular weight excluding hydrogens is 325 g/mol. The maximum absolute atomic E-state index is 12.7. The number of benzene rings is 2. The molecule has 0 aliphatic rings. The van der Waals surface area contributed by atoms with Crippen LogP contribution >= 0.6 is 11.8 Å². The highest BCUT2D eigenvalue weighted by atomic mass is 32.2. The van der Waals surface area contributed by atoms with E-state index in [2.05, 4.69) is 4.72 Å². The first-order chi connectivity index (χ1) is 10.5. The lowest BCUT2D eigenvalue weighted by atomic mass is 10.3. The number of hydrogen-bond donors (Lipinski definition) is 1. The van der Waals surface area contributed by atoms with Crippen molar-refractivity contribution in [1.29, 1.82) is 0 Å². The van der Waals surface area contributed by atoms with Gasteiger partial charge in [-0.25, -0.2) is 17.5 Å². The fraction of sp³-hybridized carbons (Fsp3) is 0.200. The van der Waals surface area contributed by atoms with Gasteiger partial charge in [-0.15, -0.1) is 11.8 Å². The molecule has 1 N–H and O–H groups in total. The second kappa shape index (κ2) is 7.62. The average molecular weight is 341 g/mol. The highest BCUT2D eigenvalue weighted by Crippen LogP contribution is 2.17. The summed E-state index contributed by atoms with van der Waals surface area (Å²) in [6.45, 7) is 0.289. The normalized spacial score (nSPS) is 11.4. The van der Waals surface area contributed by atoms with Gasteiger partial charge in [-0.2, -0.15) is 0 Å². The smallest absolute Gasteiger partial charge is 0.240 e. The number of rotatable bonds is 7. The molecule has 0 saturated heterocycles. The van der Waals surface area contributed by atoms with E-state index in [4.69, 9.17) is 4.74 Å². The molecule has 0 saturated carbocycles. The molecule has 0 radical (unpaired) electrons. The van der Waals surface area contributed by atoms with Gasteiger partial charge in [0.25, 0.3) is 0 Å². The molecule has 22 heavy (non-hydrogen) atoms. The van der Waals surface area contributed by atoms with E-state index in [0.29, 0.717) is 5.75 Å². The molecule has 0 heterocycles. The Morgan fingerprint density at radius 2 is 1.73 bits per heavy atom. The van der Waals surface area contributed by atoms with E-state index in [-0.39, 0.29) is 23.9 Å². The molecule has 118 valence electrons. The first kappa shape index (κ1) is 16.8. The van der Waals surface area contributed by atoms with Crippen LogP contribution in [-0.2, 0) is 10.0 Å². The molecule has 0 atom stereocenters. The standard InChI is InChI=1S/C15H16FNO3S2/c1-21-14-6-8-15(9-7-14)22(18,19)17-10-11-20-13-4-2-12(16)3-5-13/h2-9,17H,10-11H2,1H3. The zero-order valence-electron chi connectivity index (χ0n) is 12.0. The number of sulfonamides is 1. The van der Waals surface area contributed by atoms with Gasteiger partial charge < -0.3 is 4.74 Å². The van der Waals surface area contributed by atoms with Gasteiger partial charge in [-0.05, 0) is 54.8 Å². The number of ether oxygens (including phenoxy) is 1. The number of nitrogens with one attached hydrogen (secondary N) is 1. The van der Waals surface area contributed by atoms with E-state index in [1.165, 1.54) is 24.3 Å². The number of hydrogen-bond acceptors (Lipinski definition) is 4. The lowest BCUT2D eigenvalue weighted by Gasteiger charge is -2.09. The van der Waals surface area contributed by atoms with Gasteiger partial charge in [-0.1, -0.05) is 0 Å². The summed E-state index contributed by atoms with van der Waals surface area (Å²) in [6, 6.07) is 12.2. The fourth-order valence-electron chi connectivity index (χ4n) is 1.71. The summed E-state index contributed by atoms with van der Waals surface area (Å²) in [5.74, 6) is 0.145. The second-order valence-electron chi connectivity index (χ2n) is 4.38. The zero-order valence-corrected chi connectivity index (χ0v) is 13.6. The van der Waals surface area contributed by atoms with Crippen molar-refractivity contribution in [2.24, 2.45) is 0 Å². The predicted molar refractivity (Wildman–Crippen MR) is 85.3 cm³/mol. The third-order valence-corrected chi connectivity index (χ3v) is 5.07. The Morgan fingerprint density at radius 3 is 2.32 bits per heavy atom. The Morgan fingerprint density at radius 1 is 1.09 bits per heavy atom. The summed E-state index contributed by atoms with van der Waals surface area (Å²) >= 11 is 1.55. The van der Waals surface area contributed by atoms with E-state index < -0.39 is 10.0 Å². The van der Waals surface area contributed by atoms with Crippen LogP contribution in [0.4, 0.5) is 4.39 Å². The molecule has 2 aromatic carbocycles. The first-order valence-electron chi connectivity index (χ1n) is 6.53. The zero-order chi connectivity index (χ0) is 16.0. The summed E-state index contributed by atoms with van der Waals surface area (Å²) in [6.07, 6.45) is 1.93. The highest BCUT2D eigenvalue weighted by Gasteiger charge is 2.12. The van der Waals surface area contributed by atoms with Crippen LogP contribution in [0.3, 0.4) is 0 Å². The molecule has 2 rings (SSSR count). The highest BCUT2D eigenvalue weighted by molar-refractivity contribution is 7.98. The van der Waals surface area contributed by atoms with Crippen LogP contribution in [0.2, 0.25) is 0 Å². The second-order valence-corrected chi connectivity index (χ2v) is 7.02. The summed E-state index contributed by atoms with van der Waals surface area (Å²) in [5.41, 5.74) is 0. The van der Waals surface area contributed by atoms with Crippen molar-refractivity contribution in [3.63, 3.8) is 0 Å². The van der Waals surface area contributed by atoms with E-state index in [9.17, 15) is 12.8 Å². The topological polar surface area (TPSA) is 55.4 Å². The molecular formula is C15H16FNO3S2. The van der Waals surface area contributed by atoms with Crippen LogP contribution in [0.1, 0.15) is 0 Å². The first-order valence-corrected chi connectivity index (χ1v) is 9.24. The Hall–Kier alpha value is -1.57. The summed E-state index contributed by atoms with van der Waals surface area (Å²) in [5, 5.41) is 0. The molecule has 0 unspecified atom stereocenters. The van der Waals surface area contributed by atoms with Crippen LogP contribution in [0, 0.1) is 5.82 Å². The molecule has 0 aromatic heterocycles. The van der Waals surface area contributed by atoms with Crippen molar-refractivity contribution in [3.8, 4) is 5.75 Å². The third-order valence-electron chi connectivity index (χ3n) is 2.85. The Bertz CT molecular complexity index is 701. The van der Waals surface area contributed by atoms with Gasteiger partial charge in [0.15, 0.2) is 0 Å². The molecule has 2 aromatic rings. The van der Waals surface area contributed by atoms with Crippen LogP contribution < -0.4 is 9.46 Å². The minimum Gasteiger partial charge on any atom is -0.492 e. The Labute approximate surface area is 133 Å². The van der Waals surface area contributed by atoms with Crippen molar-refractivity contribution in [2.45, 2.75) is 9.79 Å². The number of thioether (sulfide) groups is 1. The molecule has 0 bridgehead atoms. The summed E-state index contributed by atoms with van der Waals surface area (Å²) in [7, 11) is -3.55. The molecule has 0 aliphatic heterocycles. The molecule has 0 fully saturated rings. The van der Waals surface area contributed by atoms with Crippen molar-refractivity contribution in [1.82, 2.24) is 4.72 Å². The lowest BCUT2D eigenvalue weighted by molar-refractivity contribution is 0.322. The predicted octanol–water partition coefficient (Wildman–Crippen LogP) is 2.90. The number of halogens is 1. The van der Waals surface area contributed by atoms with Crippen molar-refractivity contribution in [3.05, 3.63) is 54.3 Å². The molecule has 4 nitrogen and oxygen atoms in total. The van der Waals surface area contributed by atoms with Crippen LogP contribution in [0.5, 0.6) is 5.75 Å². The minimum atomic E-state index is -3.55. The van der Waals surface area contributed by atoms with E-state index in [0.717, 1.165) is 4.90 Å². The van der Waals surface area contributed by atoms with Gasteiger partial charge in [0.05, 0.1) is 4.90 Å². The summed E-state index contributed by atoms with van der Waals surface area (Å²) in [4.78, 5) is 1.21. The molecule has 0 spiro atoms. The lowest BCUT2D eigenvalue weighted by Crippen LogP contribution is -2.28. The van der Waals surface area contributed by atoms with Gasteiger partial charge >= 0.3 is 0 Å². The van der Waals surface area contributed by atoms with Crippen LogP contribution in [0.15, 0.2) is 58.3 Å². The Balaban J connectivity index is 1.85. The van der Waals surface area contributed by atoms with E-state index >= 15 is 0 Å². The monoisotopic (exact) mass is 341 g/mol. The fourth-order valence-corrected chi connectivity index (χ4v) is 3.14. The van der Waals surface area contributed by atoms with E-state index in [1.54, 1.807) is 36.0 Å². The quantitative estimate of drug-likeness (QED) is 0.621. The summed E-state index contributed by atoms with van der Waals surface area (Å²) < 4.78 is 44.6. The SMILES string of the molecule is CSc1ccc(S(=O)(=O)NCCOc2ccc(F)cc2)cc1. The maximum Gasteiger partial charge on any atom is 0.240 e. The maximum atomic E-state index is 12.7. The molecule has 0 aliphatic carbocycles. The third kappa shape index (κ3) is 4.72. The van der Waals surface area contributed by atoms with Crippen LogP contribution in [-0.4, -0.2) is 27.8 Å². The molecule has 0 amide bonds. The van der Waals surface area contributed by atoms with Gasteiger partial charge in [-0.3, -0.25) is 0 Å². The minimum absolute atomic E-state index is 0.129. The van der Waals surface area contributed by atoms with Crippen molar-refractivity contribution in [2.75, 3.05) is 19.4 Å². The van der Waals surface area contributed by atoms with Crippen molar-refractivity contribution < 1.29 is 17.5 Å². The van der Waals surface area contributed by atoms with Gasteiger partial charge in [0.1, 0.15) is 18.2 Å².